The number of hydrogen-bond acceptors (Lipinski definition) is 2. The van der Waals surface area contributed by atoms with E-state index in [4.69, 9.17) is 9.94 Å². The van der Waals surface area contributed by atoms with Gasteiger partial charge in [0, 0.05) is 5.57 Å². The lowest BCUT2D eigenvalue weighted by atomic mass is 10.0. The highest BCUT2D eigenvalue weighted by Gasteiger charge is 2.36. The normalized spacial score (nSPS) is 24.6. The van der Waals surface area contributed by atoms with E-state index >= 15 is 0 Å². The SMILES string of the molecule is CC1=C2C=CC(F)=CC2N(C(=O)O)O1. The van der Waals surface area contributed by atoms with Gasteiger partial charge in [0.1, 0.15) is 17.6 Å². The van der Waals surface area contributed by atoms with Gasteiger partial charge < -0.3 is 9.94 Å². The minimum atomic E-state index is -1.23. The first kappa shape index (κ1) is 8.80. The van der Waals surface area contributed by atoms with Crippen molar-refractivity contribution in [1.82, 2.24) is 5.06 Å². The Morgan fingerprint density at radius 2 is 2.36 bits per heavy atom. The second-order valence-electron chi connectivity index (χ2n) is 3.04. The van der Waals surface area contributed by atoms with E-state index in [9.17, 15) is 9.18 Å². The van der Waals surface area contributed by atoms with E-state index in [0.717, 1.165) is 5.06 Å². The van der Waals surface area contributed by atoms with Crippen LogP contribution in [-0.2, 0) is 4.84 Å². The van der Waals surface area contributed by atoms with Crippen molar-refractivity contribution in [2.24, 2.45) is 0 Å². The molecule has 0 saturated carbocycles. The molecule has 14 heavy (non-hydrogen) atoms. The fourth-order valence-electron chi connectivity index (χ4n) is 1.50. The van der Waals surface area contributed by atoms with E-state index in [-0.39, 0.29) is 0 Å². The predicted molar refractivity (Wildman–Crippen MR) is 45.8 cm³/mol. The second kappa shape index (κ2) is 2.87. The van der Waals surface area contributed by atoms with Crippen LogP contribution in [0.1, 0.15) is 6.92 Å². The van der Waals surface area contributed by atoms with Crippen molar-refractivity contribution in [3.8, 4) is 0 Å². The lowest BCUT2D eigenvalue weighted by molar-refractivity contribution is -0.0796. The summed E-state index contributed by atoms with van der Waals surface area (Å²) < 4.78 is 12.9. The van der Waals surface area contributed by atoms with Gasteiger partial charge in [0.25, 0.3) is 0 Å². The number of fused-ring (bicyclic) bond motifs is 1. The third-order valence-corrected chi connectivity index (χ3v) is 2.14. The van der Waals surface area contributed by atoms with Crippen molar-refractivity contribution in [3.05, 3.63) is 35.4 Å². The quantitative estimate of drug-likeness (QED) is 0.645. The smallest absolute Gasteiger partial charge is 0.441 e. The van der Waals surface area contributed by atoms with Gasteiger partial charge in [-0.2, -0.15) is 0 Å². The molecule has 0 fully saturated rings. The highest BCUT2D eigenvalue weighted by Crippen LogP contribution is 2.31. The van der Waals surface area contributed by atoms with E-state index in [2.05, 4.69) is 0 Å². The number of halogens is 1. The van der Waals surface area contributed by atoms with Crippen molar-refractivity contribution >= 4 is 6.09 Å². The molecule has 2 rings (SSSR count). The molecule has 1 unspecified atom stereocenters. The average molecular weight is 197 g/mol. The van der Waals surface area contributed by atoms with Crippen molar-refractivity contribution in [2.75, 3.05) is 0 Å². The fourth-order valence-corrected chi connectivity index (χ4v) is 1.50. The van der Waals surface area contributed by atoms with Crippen LogP contribution in [0.2, 0.25) is 0 Å². The molecule has 0 saturated heterocycles. The second-order valence-corrected chi connectivity index (χ2v) is 3.04. The van der Waals surface area contributed by atoms with Crippen molar-refractivity contribution in [1.29, 1.82) is 0 Å². The predicted octanol–water partition coefficient (Wildman–Crippen LogP) is 1.98. The Balaban J connectivity index is 2.37. The molecule has 0 aromatic heterocycles. The molecule has 2 aliphatic rings. The first-order valence-corrected chi connectivity index (χ1v) is 4.06. The van der Waals surface area contributed by atoms with Crippen molar-refractivity contribution < 1.29 is 19.1 Å². The number of carbonyl (C=O) groups is 1. The van der Waals surface area contributed by atoms with Gasteiger partial charge in [-0.15, -0.1) is 5.06 Å². The van der Waals surface area contributed by atoms with E-state index < -0.39 is 18.0 Å². The van der Waals surface area contributed by atoms with Gasteiger partial charge in [0.15, 0.2) is 0 Å². The number of carboxylic acid groups (broad SMARTS) is 1. The monoisotopic (exact) mass is 197 g/mol. The van der Waals surface area contributed by atoms with E-state index in [1.807, 2.05) is 0 Å². The van der Waals surface area contributed by atoms with E-state index in [1.54, 1.807) is 6.92 Å². The van der Waals surface area contributed by atoms with E-state index in [1.165, 1.54) is 18.2 Å². The van der Waals surface area contributed by atoms with Crippen LogP contribution in [0.4, 0.5) is 9.18 Å². The van der Waals surface area contributed by atoms with Crippen LogP contribution in [0, 0.1) is 0 Å². The molecule has 1 atom stereocenters. The van der Waals surface area contributed by atoms with Crippen LogP contribution in [0.3, 0.4) is 0 Å². The zero-order chi connectivity index (χ0) is 10.3. The number of nitrogens with zero attached hydrogens (tertiary/aromatic N) is 1. The minimum Gasteiger partial charge on any atom is -0.463 e. The molecule has 1 heterocycles. The molecule has 1 aliphatic heterocycles. The summed E-state index contributed by atoms with van der Waals surface area (Å²) in [5.74, 6) is 0.0284. The Morgan fingerprint density at radius 1 is 1.64 bits per heavy atom. The van der Waals surface area contributed by atoms with Gasteiger partial charge in [-0.25, -0.2) is 9.18 Å². The lowest BCUT2D eigenvalue weighted by Gasteiger charge is -2.19. The highest BCUT2D eigenvalue weighted by atomic mass is 19.1. The third-order valence-electron chi connectivity index (χ3n) is 2.14. The maximum atomic E-state index is 12.9. The maximum Gasteiger partial charge on any atom is 0.441 e. The van der Waals surface area contributed by atoms with Crippen LogP contribution in [0.5, 0.6) is 0 Å². The number of amides is 1. The minimum absolute atomic E-state index is 0.455. The molecule has 1 N–H and O–H groups in total. The number of allylic oxidation sites excluding steroid dienone is 3. The molecule has 1 aliphatic carbocycles. The summed E-state index contributed by atoms with van der Waals surface area (Å²) in [6, 6.07) is -0.655. The Kier molecular flexibility index (Phi) is 1.80. The van der Waals surface area contributed by atoms with Gasteiger partial charge in [-0.3, -0.25) is 0 Å². The van der Waals surface area contributed by atoms with Crippen LogP contribution in [0.15, 0.2) is 35.4 Å². The molecule has 1 amide bonds. The molecule has 0 spiro atoms. The van der Waals surface area contributed by atoms with Crippen molar-refractivity contribution in [3.63, 3.8) is 0 Å². The van der Waals surface area contributed by atoms with Gasteiger partial charge in [-0.05, 0) is 19.1 Å². The Bertz CT molecular complexity index is 384. The largest absolute Gasteiger partial charge is 0.463 e. The molecule has 0 aromatic carbocycles. The zero-order valence-electron chi connectivity index (χ0n) is 7.40. The van der Waals surface area contributed by atoms with Gasteiger partial charge in [-0.1, -0.05) is 6.08 Å². The van der Waals surface area contributed by atoms with E-state index in [0.29, 0.717) is 11.3 Å². The Morgan fingerprint density at radius 3 is 3.00 bits per heavy atom. The van der Waals surface area contributed by atoms with Gasteiger partial charge >= 0.3 is 6.09 Å². The highest BCUT2D eigenvalue weighted by molar-refractivity contribution is 5.67. The molecular weight excluding hydrogens is 189 g/mol. The summed E-state index contributed by atoms with van der Waals surface area (Å²) in [7, 11) is 0. The maximum absolute atomic E-state index is 12.9. The molecule has 74 valence electrons. The summed E-state index contributed by atoms with van der Waals surface area (Å²) in [5, 5.41) is 9.48. The molecule has 0 radical (unpaired) electrons. The lowest BCUT2D eigenvalue weighted by Crippen LogP contribution is -2.34. The third kappa shape index (κ3) is 1.17. The van der Waals surface area contributed by atoms with Crippen molar-refractivity contribution in [2.45, 2.75) is 13.0 Å². The Hall–Kier alpha value is -1.78. The number of rotatable bonds is 0. The summed E-state index contributed by atoms with van der Waals surface area (Å²) in [5.41, 5.74) is 0.675. The van der Waals surface area contributed by atoms with Crippen LogP contribution in [-0.4, -0.2) is 22.3 Å². The standard InChI is InChI=1S/C9H8FNO3/c1-5-7-3-2-6(10)4-8(7)11(14-5)9(12)13/h2-4,8H,1H3,(H,12,13). The van der Waals surface area contributed by atoms with Gasteiger partial charge in [0.05, 0.1) is 0 Å². The summed E-state index contributed by atoms with van der Waals surface area (Å²) in [4.78, 5) is 15.7. The number of hydrogen-bond donors (Lipinski definition) is 1. The summed E-state index contributed by atoms with van der Waals surface area (Å²) in [6.45, 7) is 1.65. The molecule has 0 bridgehead atoms. The Labute approximate surface area is 79.5 Å². The van der Waals surface area contributed by atoms with Crippen LogP contribution in [0.25, 0.3) is 0 Å². The number of hydroxylamine groups is 2. The molecule has 5 heteroatoms. The summed E-state index contributed by atoms with van der Waals surface area (Å²) in [6.07, 6.45) is 2.78. The van der Waals surface area contributed by atoms with Crippen LogP contribution < -0.4 is 0 Å². The van der Waals surface area contributed by atoms with Gasteiger partial charge in [0.2, 0.25) is 0 Å². The first-order chi connectivity index (χ1) is 6.59. The molecular formula is C9H8FNO3. The molecule has 4 nitrogen and oxygen atoms in total. The fraction of sp³-hybridized carbons (Fsp3) is 0.222. The summed E-state index contributed by atoms with van der Waals surface area (Å²) >= 11 is 0. The molecule has 0 aromatic rings. The average Bonchev–Trinajstić information content (AvgIpc) is 2.43. The topological polar surface area (TPSA) is 49.8 Å². The zero-order valence-corrected chi connectivity index (χ0v) is 7.40. The van der Waals surface area contributed by atoms with Crippen LogP contribution >= 0.6 is 0 Å². The first-order valence-electron chi connectivity index (χ1n) is 4.06.